The van der Waals surface area contributed by atoms with Crippen LogP contribution in [0.1, 0.15) is 40.2 Å². The molecule has 0 aliphatic heterocycles. The van der Waals surface area contributed by atoms with Crippen LogP contribution in [-0.2, 0) is 9.59 Å². The van der Waals surface area contributed by atoms with Crippen molar-refractivity contribution in [3.05, 3.63) is 70.0 Å². The summed E-state index contributed by atoms with van der Waals surface area (Å²) in [6.45, 7) is 5.97. The van der Waals surface area contributed by atoms with Gasteiger partial charge in [-0.05, 0) is 61.2 Å². The molecule has 1 aromatic heterocycles. The Morgan fingerprint density at radius 2 is 1.65 bits per heavy atom. The number of benzene rings is 1. The lowest BCUT2D eigenvalue weighted by molar-refractivity contribution is -0.123. The molecular weight excluding hydrogens is 286 g/mol. The van der Waals surface area contributed by atoms with Crippen LogP contribution in [0.25, 0.3) is 6.08 Å². The number of pyridine rings is 1. The van der Waals surface area contributed by atoms with E-state index in [2.05, 4.69) is 4.98 Å². The molecule has 1 fully saturated rings. The summed E-state index contributed by atoms with van der Waals surface area (Å²) in [5, 5.41) is 0. The van der Waals surface area contributed by atoms with Gasteiger partial charge in [-0.2, -0.15) is 0 Å². The minimum absolute atomic E-state index is 0.00893. The lowest BCUT2D eigenvalue weighted by Gasteiger charge is -2.15. The molecule has 1 saturated carbocycles. The number of hydrogen-bond donors (Lipinski definition) is 0. The van der Waals surface area contributed by atoms with E-state index in [0.29, 0.717) is 5.57 Å². The van der Waals surface area contributed by atoms with Crippen LogP contribution in [0.2, 0.25) is 0 Å². The van der Waals surface area contributed by atoms with Gasteiger partial charge in [0.1, 0.15) is 5.92 Å². The first-order valence-electron chi connectivity index (χ1n) is 7.72. The molecule has 0 spiro atoms. The quantitative estimate of drug-likeness (QED) is 0.627. The predicted molar refractivity (Wildman–Crippen MR) is 90.2 cm³/mol. The lowest BCUT2D eigenvalue weighted by Crippen LogP contribution is -2.15. The van der Waals surface area contributed by atoms with E-state index >= 15 is 0 Å². The largest absolute Gasteiger partial charge is 0.298 e. The van der Waals surface area contributed by atoms with Gasteiger partial charge in [0, 0.05) is 24.4 Å². The van der Waals surface area contributed by atoms with Crippen molar-refractivity contribution in [1.29, 1.82) is 0 Å². The molecule has 1 aliphatic rings. The van der Waals surface area contributed by atoms with Crippen molar-refractivity contribution >= 4 is 17.6 Å². The van der Waals surface area contributed by atoms with E-state index in [4.69, 9.17) is 0 Å². The highest BCUT2D eigenvalue weighted by Gasteiger charge is 2.39. The van der Waals surface area contributed by atoms with Gasteiger partial charge >= 0.3 is 0 Å². The normalized spacial score (nSPS) is 19.6. The Morgan fingerprint density at radius 3 is 2.26 bits per heavy atom. The van der Waals surface area contributed by atoms with Crippen molar-refractivity contribution < 1.29 is 9.59 Å². The van der Waals surface area contributed by atoms with Gasteiger partial charge in [-0.1, -0.05) is 17.7 Å². The molecule has 1 heterocycles. The molecular formula is C20H19NO2. The number of carbonyl (C=O) groups is 2. The number of nitrogens with zero attached hydrogens (tertiary/aromatic N) is 1. The molecule has 1 aliphatic carbocycles. The monoisotopic (exact) mass is 305 g/mol. The zero-order chi connectivity index (χ0) is 16.6. The van der Waals surface area contributed by atoms with Crippen molar-refractivity contribution in [2.45, 2.75) is 33.1 Å². The van der Waals surface area contributed by atoms with Crippen LogP contribution in [0.5, 0.6) is 0 Å². The van der Waals surface area contributed by atoms with Crippen LogP contribution in [0.4, 0.5) is 0 Å². The molecule has 1 unspecified atom stereocenters. The fourth-order valence-electron chi connectivity index (χ4n) is 3.43. The van der Waals surface area contributed by atoms with Crippen molar-refractivity contribution in [3.8, 4) is 0 Å². The molecule has 3 rings (SSSR count). The van der Waals surface area contributed by atoms with Crippen molar-refractivity contribution in [3.63, 3.8) is 0 Å². The number of Topliss-reactive ketones (excluding diaryl/α,β-unsaturated/α-hetero) is 2. The Morgan fingerprint density at radius 1 is 1.04 bits per heavy atom. The Bertz CT molecular complexity index is 796. The molecule has 0 radical (unpaired) electrons. The first-order valence-corrected chi connectivity index (χ1v) is 7.72. The third-order valence-corrected chi connectivity index (χ3v) is 4.34. The maximum absolute atomic E-state index is 12.8. The van der Waals surface area contributed by atoms with Gasteiger partial charge in [0.2, 0.25) is 0 Å². The molecule has 0 amide bonds. The molecule has 1 aromatic carbocycles. The SMILES string of the molecule is Cc1cc(C)c(C2C(=O)C/C(=C\c3ccncc3)C2=O)c(C)c1. The van der Waals surface area contributed by atoms with Gasteiger partial charge < -0.3 is 0 Å². The zero-order valence-electron chi connectivity index (χ0n) is 13.6. The summed E-state index contributed by atoms with van der Waals surface area (Å²) in [6.07, 6.45) is 5.37. The summed E-state index contributed by atoms with van der Waals surface area (Å²) in [6, 6.07) is 7.74. The number of rotatable bonds is 2. The lowest BCUT2D eigenvalue weighted by atomic mass is 9.87. The highest BCUT2D eigenvalue weighted by molar-refractivity contribution is 6.24. The Balaban J connectivity index is 2.02. The van der Waals surface area contributed by atoms with Gasteiger partial charge in [-0.3, -0.25) is 14.6 Å². The van der Waals surface area contributed by atoms with E-state index in [1.807, 2.05) is 45.0 Å². The van der Waals surface area contributed by atoms with Crippen LogP contribution in [0.3, 0.4) is 0 Å². The van der Waals surface area contributed by atoms with Gasteiger partial charge in [0.05, 0.1) is 0 Å². The highest BCUT2D eigenvalue weighted by atomic mass is 16.2. The molecule has 0 bridgehead atoms. The molecule has 116 valence electrons. The number of carbonyl (C=O) groups excluding carboxylic acids is 2. The van der Waals surface area contributed by atoms with Crippen molar-refractivity contribution in [2.24, 2.45) is 0 Å². The van der Waals surface area contributed by atoms with E-state index in [1.54, 1.807) is 18.5 Å². The molecule has 0 N–H and O–H groups in total. The molecule has 3 nitrogen and oxygen atoms in total. The van der Waals surface area contributed by atoms with Crippen molar-refractivity contribution in [2.75, 3.05) is 0 Å². The predicted octanol–water partition coefficient (Wildman–Crippen LogP) is 3.72. The second kappa shape index (κ2) is 5.92. The number of hydrogen-bond acceptors (Lipinski definition) is 3. The molecule has 23 heavy (non-hydrogen) atoms. The van der Waals surface area contributed by atoms with Gasteiger partial charge in [0.25, 0.3) is 0 Å². The second-order valence-electron chi connectivity index (χ2n) is 6.20. The van der Waals surface area contributed by atoms with Crippen LogP contribution >= 0.6 is 0 Å². The number of aryl methyl sites for hydroxylation is 3. The smallest absolute Gasteiger partial charge is 0.174 e. The number of aromatic nitrogens is 1. The summed E-state index contributed by atoms with van der Waals surface area (Å²) in [5.41, 5.74) is 5.54. The topological polar surface area (TPSA) is 47.0 Å². The number of ketones is 2. The van der Waals surface area contributed by atoms with E-state index < -0.39 is 5.92 Å². The summed E-state index contributed by atoms with van der Waals surface area (Å²) in [4.78, 5) is 29.3. The third kappa shape index (κ3) is 2.87. The molecule has 3 heteroatoms. The fourth-order valence-corrected chi connectivity index (χ4v) is 3.43. The fraction of sp³-hybridized carbons (Fsp3) is 0.250. The first kappa shape index (κ1) is 15.3. The van der Waals surface area contributed by atoms with Crippen LogP contribution < -0.4 is 0 Å². The minimum atomic E-state index is -0.649. The maximum atomic E-state index is 12.8. The standard InChI is InChI=1S/C20H19NO2/c1-12-8-13(2)18(14(3)9-12)19-17(22)11-16(20(19)23)10-15-4-6-21-7-5-15/h4-10,19H,11H2,1-3H3/b16-10+. The van der Waals surface area contributed by atoms with Gasteiger partial charge in [0.15, 0.2) is 11.6 Å². The van der Waals surface area contributed by atoms with Crippen LogP contribution in [0, 0.1) is 20.8 Å². The average Bonchev–Trinajstić information content (AvgIpc) is 2.75. The van der Waals surface area contributed by atoms with Crippen LogP contribution in [0.15, 0.2) is 42.2 Å². The average molecular weight is 305 g/mol. The van der Waals surface area contributed by atoms with E-state index in [-0.39, 0.29) is 18.0 Å². The second-order valence-corrected chi connectivity index (χ2v) is 6.20. The summed E-state index contributed by atoms with van der Waals surface area (Å²) in [7, 11) is 0. The summed E-state index contributed by atoms with van der Waals surface area (Å²) >= 11 is 0. The zero-order valence-corrected chi connectivity index (χ0v) is 13.6. The minimum Gasteiger partial charge on any atom is -0.298 e. The van der Waals surface area contributed by atoms with E-state index in [1.165, 1.54) is 0 Å². The van der Waals surface area contributed by atoms with E-state index in [9.17, 15) is 9.59 Å². The Labute approximate surface area is 136 Å². The Hall–Kier alpha value is -2.55. The summed E-state index contributed by atoms with van der Waals surface area (Å²) in [5.74, 6) is -0.726. The first-order chi connectivity index (χ1) is 11.0. The Kier molecular flexibility index (Phi) is 3.95. The third-order valence-electron chi connectivity index (χ3n) is 4.34. The van der Waals surface area contributed by atoms with E-state index in [0.717, 1.165) is 27.8 Å². The molecule has 2 aromatic rings. The molecule has 0 saturated heterocycles. The number of allylic oxidation sites excluding steroid dienone is 1. The molecule has 1 atom stereocenters. The highest BCUT2D eigenvalue weighted by Crippen LogP contribution is 2.36. The van der Waals surface area contributed by atoms with Crippen LogP contribution in [-0.4, -0.2) is 16.6 Å². The van der Waals surface area contributed by atoms with Crippen molar-refractivity contribution in [1.82, 2.24) is 4.98 Å². The van der Waals surface area contributed by atoms with Gasteiger partial charge in [-0.15, -0.1) is 0 Å². The van der Waals surface area contributed by atoms with Gasteiger partial charge in [-0.25, -0.2) is 0 Å². The maximum Gasteiger partial charge on any atom is 0.174 e. The summed E-state index contributed by atoms with van der Waals surface area (Å²) < 4.78 is 0.